The molecule has 94 valence electrons. The Morgan fingerprint density at radius 2 is 1.53 bits per heavy atom. The third-order valence-electron chi connectivity index (χ3n) is 2.19. The summed E-state index contributed by atoms with van der Waals surface area (Å²) in [5, 5.41) is 0. The molecule has 0 amide bonds. The van der Waals surface area contributed by atoms with E-state index in [9.17, 15) is 4.79 Å². The van der Waals surface area contributed by atoms with Crippen molar-refractivity contribution in [1.82, 2.24) is 0 Å². The summed E-state index contributed by atoms with van der Waals surface area (Å²) < 4.78 is 15.6. The summed E-state index contributed by atoms with van der Waals surface area (Å²) >= 11 is 0. The predicted octanol–water partition coefficient (Wildman–Crippen LogP) is 2.66. The van der Waals surface area contributed by atoms with Gasteiger partial charge in [0.15, 0.2) is 11.5 Å². The van der Waals surface area contributed by atoms with E-state index in [4.69, 9.17) is 14.2 Å². The molecule has 0 saturated heterocycles. The standard InChI is InChI=1S/C13H18O4/c1-13(2,3)12(14)17-11-9(15-4)7-6-8-10(11)16-5/h6-8H,1-5H3. The molecular weight excluding hydrogens is 220 g/mol. The van der Waals surface area contributed by atoms with E-state index in [-0.39, 0.29) is 5.97 Å². The van der Waals surface area contributed by atoms with Crippen molar-refractivity contribution in [2.45, 2.75) is 20.8 Å². The first kappa shape index (κ1) is 13.4. The second kappa shape index (κ2) is 5.08. The molecule has 0 aliphatic rings. The fourth-order valence-corrected chi connectivity index (χ4v) is 1.16. The highest BCUT2D eigenvalue weighted by atomic mass is 16.6. The monoisotopic (exact) mass is 238 g/mol. The summed E-state index contributed by atoms with van der Waals surface area (Å²) in [7, 11) is 3.03. The molecule has 4 heteroatoms. The molecule has 0 heterocycles. The maximum Gasteiger partial charge on any atom is 0.316 e. The fourth-order valence-electron chi connectivity index (χ4n) is 1.16. The van der Waals surface area contributed by atoms with E-state index in [1.165, 1.54) is 14.2 Å². The van der Waals surface area contributed by atoms with Gasteiger partial charge in [-0.25, -0.2) is 0 Å². The van der Waals surface area contributed by atoms with Gasteiger partial charge in [-0.3, -0.25) is 4.79 Å². The smallest absolute Gasteiger partial charge is 0.316 e. The molecule has 0 radical (unpaired) electrons. The van der Waals surface area contributed by atoms with E-state index in [2.05, 4.69) is 0 Å². The summed E-state index contributed by atoms with van der Waals surface area (Å²) in [4.78, 5) is 11.8. The molecule has 0 aliphatic heterocycles. The lowest BCUT2D eigenvalue weighted by atomic mass is 9.97. The van der Waals surface area contributed by atoms with Crippen molar-refractivity contribution >= 4 is 5.97 Å². The molecule has 1 aromatic carbocycles. The maximum absolute atomic E-state index is 11.8. The number of carbonyl (C=O) groups is 1. The number of methoxy groups -OCH3 is 2. The molecule has 0 saturated carbocycles. The minimum atomic E-state index is -0.578. The summed E-state index contributed by atoms with van der Waals surface area (Å²) in [6.07, 6.45) is 0. The lowest BCUT2D eigenvalue weighted by Gasteiger charge is -2.19. The molecule has 1 rings (SSSR count). The molecule has 0 fully saturated rings. The number of benzene rings is 1. The highest BCUT2D eigenvalue weighted by Crippen LogP contribution is 2.37. The Labute approximate surface area is 101 Å². The summed E-state index contributed by atoms with van der Waals surface area (Å²) in [6.45, 7) is 5.37. The molecular formula is C13H18O4. The minimum Gasteiger partial charge on any atom is -0.493 e. The SMILES string of the molecule is COc1cccc(OC)c1OC(=O)C(C)(C)C. The molecule has 0 aliphatic carbocycles. The van der Waals surface area contributed by atoms with E-state index in [1.54, 1.807) is 39.0 Å². The van der Waals surface area contributed by atoms with Gasteiger partial charge in [-0.15, -0.1) is 0 Å². The Kier molecular flexibility index (Phi) is 3.99. The Morgan fingerprint density at radius 1 is 1.06 bits per heavy atom. The first-order valence-corrected chi connectivity index (χ1v) is 5.33. The van der Waals surface area contributed by atoms with Crippen molar-refractivity contribution in [2.75, 3.05) is 14.2 Å². The van der Waals surface area contributed by atoms with E-state index < -0.39 is 5.41 Å². The second-order valence-electron chi connectivity index (χ2n) is 4.63. The Bertz CT molecular complexity index is 382. The van der Waals surface area contributed by atoms with E-state index >= 15 is 0 Å². The van der Waals surface area contributed by atoms with Crippen molar-refractivity contribution in [2.24, 2.45) is 5.41 Å². The van der Waals surface area contributed by atoms with Gasteiger partial charge in [-0.2, -0.15) is 0 Å². The second-order valence-corrected chi connectivity index (χ2v) is 4.63. The molecule has 0 bridgehead atoms. The Morgan fingerprint density at radius 3 is 1.88 bits per heavy atom. The van der Waals surface area contributed by atoms with Gasteiger partial charge in [0.1, 0.15) is 0 Å². The quantitative estimate of drug-likeness (QED) is 0.600. The van der Waals surface area contributed by atoms with Gasteiger partial charge in [0, 0.05) is 0 Å². The van der Waals surface area contributed by atoms with Gasteiger partial charge in [-0.1, -0.05) is 6.07 Å². The number of esters is 1. The zero-order chi connectivity index (χ0) is 13.1. The molecule has 1 aromatic rings. The third kappa shape index (κ3) is 3.12. The van der Waals surface area contributed by atoms with Crippen LogP contribution in [0.3, 0.4) is 0 Å². The highest BCUT2D eigenvalue weighted by molar-refractivity contribution is 5.79. The van der Waals surface area contributed by atoms with E-state index in [0.717, 1.165) is 0 Å². The van der Waals surface area contributed by atoms with Crippen LogP contribution in [0.5, 0.6) is 17.2 Å². The number of carbonyl (C=O) groups excluding carboxylic acids is 1. The van der Waals surface area contributed by atoms with Gasteiger partial charge in [0.25, 0.3) is 0 Å². The number of ether oxygens (including phenoxy) is 3. The first-order chi connectivity index (χ1) is 7.90. The number of hydrogen-bond acceptors (Lipinski definition) is 4. The van der Waals surface area contributed by atoms with Crippen LogP contribution >= 0.6 is 0 Å². The normalized spacial score (nSPS) is 10.9. The van der Waals surface area contributed by atoms with Gasteiger partial charge in [-0.05, 0) is 32.9 Å². The van der Waals surface area contributed by atoms with Gasteiger partial charge in [0.2, 0.25) is 5.75 Å². The van der Waals surface area contributed by atoms with Gasteiger partial charge < -0.3 is 14.2 Å². The van der Waals surface area contributed by atoms with Crippen molar-refractivity contribution in [3.8, 4) is 17.2 Å². The van der Waals surface area contributed by atoms with Crippen LogP contribution in [0, 0.1) is 5.41 Å². The maximum atomic E-state index is 11.8. The molecule has 0 atom stereocenters. The van der Waals surface area contributed by atoms with Crippen molar-refractivity contribution < 1.29 is 19.0 Å². The van der Waals surface area contributed by atoms with Crippen LogP contribution in [0.1, 0.15) is 20.8 Å². The van der Waals surface area contributed by atoms with Crippen LogP contribution in [0.25, 0.3) is 0 Å². The van der Waals surface area contributed by atoms with Crippen LogP contribution in [0.15, 0.2) is 18.2 Å². The predicted molar refractivity (Wildman–Crippen MR) is 64.6 cm³/mol. The highest BCUT2D eigenvalue weighted by Gasteiger charge is 2.26. The van der Waals surface area contributed by atoms with Crippen molar-refractivity contribution in [1.29, 1.82) is 0 Å². The van der Waals surface area contributed by atoms with Gasteiger partial charge in [0.05, 0.1) is 19.6 Å². The average Bonchev–Trinajstić information content (AvgIpc) is 2.28. The Hall–Kier alpha value is -1.71. The molecule has 0 spiro atoms. The van der Waals surface area contributed by atoms with Crippen LogP contribution in [-0.4, -0.2) is 20.2 Å². The summed E-state index contributed by atoms with van der Waals surface area (Å²) in [5.41, 5.74) is -0.578. The van der Waals surface area contributed by atoms with E-state index in [1.807, 2.05) is 0 Å². The lowest BCUT2D eigenvalue weighted by Crippen LogP contribution is -2.25. The van der Waals surface area contributed by atoms with E-state index in [0.29, 0.717) is 17.2 Å². The van der Waals surface area contributed by atoms with Crippen LogP contribution < -0.4 is 14.2 Å². The topological polar surface area (TPSA) is 44.8 Å². The first-order valence-electron chi connectivity index (χ1n) is 5.33. The van der Waals surface area contributed by atoms with Crippen molar-refractivity contribution in [3.63, 3.8) is 0 Å². The van der Waals surface area contributed by atoms with Gasteiger partial charge >= 0.3 is 5.97 Å². The van der Waals surface area contributed by atoms with Crippen LogP contribution in [-0.2, 0) is 4.79 Å². The zero-order valence-electron chi connectivity index (χ0n) is 10.9. The average molecular weight is 238 g/mol. The molecule has 4 nitrogen and oxygen atoms in total. The van der Waals surface area contributed by atoms with Crippen molar-refractivity contribution in [3.05, 3.63) is 18.2 Å². The minimum absolute atomic E-state index is 0.317. The summed E-state index contributed by atoms with van der Waals surface area (Å²) in [5.74, 6) is 0.932. The Balaban J connectivity index is 3.08. The fraction of sp³-hybridized carbons (Fsp3) is 0.462. The molecule has 0 N–H and O–H groups in total. The number of hydrogen-bond donors (Lipinski definition) is 0. The lowest BCUT2D eigenvalue weighted by molar-refractivity contribution is -0.143. The third-order valence-corrected chi connectivity index (χ3v) is 2.19. The number of rotatable bonds is 3. The number of para-hydroxylation sites is 1. The summed E-state index contributed by atoms with van der Waals surface area (Å²) in [6, 6.07) is 5.20. The molecule has 0 unspecified atom stereocenters. The van der Waals surface area contributed by atoms with Crippen LogP contribution in [0.4, 0.5) is 0 Å². The largest absolute Gasteiger partial charge is 0.493 e. The molecule has 0 aromatic heterocycles. The zero-order valence-corrected chi connectivity index (χ0v) is 10.9. The van der Waals surface area contributed by atoms with Crippen LogP contribution in [0.2, 0.25) is 0 Å². The molecule has 17 heavy (non-hydrogen) atoms.